The van der Waals surface area contributed by atoms with Crippen LogP contribution in [0.2, 0.25) is 0 Å². The number of carboxylic acid groups (broad SMARTS) is 1. The lowest BCUT2D eigenvalue weighted by atomic mass is 10.1. The third kappa shape index (κ3) is 7.42. The molecule has 0 unspecified atom stereocenters. The molecule has 2 aromatic rings. The quantitative estimate of drug-likeness (QED) is 0.511. The van der Waals surface area contributed by atoms with Gasteiger partial charge in [-0.2, -0.15) is 17.5 Å². The van der Waals surface area contributed by atoms with Gasteiger partial charge in [-0.1, -0.05) is 12.1 Å². The van der Waals surface area contributed by atoms with Crippen molar-refractivity contribution in [1.29, 1.82) is 0 Å². The fourth-order valence-corrected chi connectivity index (χ4v) is 4.50. The number of benzene rings is 2. The SMILES string of the molecule is CS(=O)(=O)N1CCN([C@@H](CNC(=O)c2ccc(OCc3ccc(C(F)(F)F)cc3)cc2)C(=O)O)CC1. The summed E-state index contributed by atoms with van der Waals surface area (Å²) in [7, 11) is -3.35. The molecule has 1 saturated heterocycles. The Labute approximate surface area is 206 Å². The van der Waals surface area contributed by atoms with Crippen LogP contribution in [0.5, 0.6) is 5.75 Å². The lowest BCUT2D eigenvalue weighted by Gasteiger charge is -2.36. The molecule has 0 spiro atoms. The molecule has 1 heterocycles. The number of ether oxygens (including phenoxy) is 1. The average Bonchev–Trinajstić information content (AvgIpc) is 2.82. The molecule has 1 aliphatic heterocycles. The van der Waals surface area contributed by atoms with Gasteiger partial charge in [0, 0.05) is 38.3 Å². The molecule has 2 aromatic carbocycles. The Balaban J connectivity index is 1.50. The van der Waals surface area contributed by atoms with Gasteiger partial charge in [0.1, 0.15) is 18.4 Å². The van der Waals surface area contributed by atoms with Crippen LogP contribution in [0.3, 0.4) is 0 Å². The van der Waals surface area contributed by atoms with Crippen molar-refractivity contribution in [3.05, 3.63) is 65.2 Å². The molecule has 36 heavy (non-hydrogen) atoms. The minimum absolute atomic E-state index is 0.0383. The predicted molar refractivity (Wildman–Crippen MR) is 124 cm³/mol. The van der Waals surface area contributed by atoms with E-state index in [-0.39, 0.29) is 44.9 Å². The summed E-state index contributed by atoms with van der Waals surface area (Å²) in [4.78, 5) is 25.8. The average molecular weight is 530 g/mol. The Morgan fingerprint density at radius 3 is 2.11 bits per heavy atom. The maximum Gasteiger partial charge on any atom is 0.416 e. The molecule has 0 radical (unpaired) electrons. The van der Waals surface area contributed by atoms with Gasteiger partial charge in [-0.05, 0) is 42.0 Å². The second-order valence-corrected chi connectivity index (χ2v) is 10.3. The van der Waals surface area contributed by atoms with E-state index in [1.165, 1.54) is 40.7 Å². The van der Waals surface area contributed by atoms with Crippen LogP contribution in [0, 0.1) is 0 Å². The Hall–Kier alpha value is -3.16. The van der Waals surface area contributed by atoms with E-state index in [1.54, 1.807) is 4.90 Å². The molecule has 0 aromatic heterocycles. The zero-order valence-electron chi connectivity index (χ0n) is 19.4. The highest BCUT2D eigenvalue weighted by Gasteiger charge is 2.32. The number of carboxylic acids is 1. The topological polar surface area (TPSA) is 116 Å². The fraction of sp³-hybridized carbons (Fsp3) is 0.391. The van der Waals surface area contributed by atoms with E-state index < -0.39 is 39.7 Å². The number of nitrogens with one attached hydrogen (secondary N) is 1. The first-order chi connectivity index (χ1) is 16.8. The van der Waals surface area contributed by atoms with E-state index in [0.717, 1.165) is 18.4 Å². The van der Waals surface area contributed by atoms with Gasteiger partial charge >= 0.3 is 12.1 Å². The number of alkyl halides is 3. The van der Waals surface area contributed by atoms with Crippen molar-refractivity contribution in [2.45, 2.75) is 18.8 Å². The van der Waals surface area contributed by atoms with E-state index in [4.69, 9.17) is 4.74 Å². The summed E-state index contributed by atoms with van der Waals surface area (Å²) in [6, 6.07) is 9.60. The van der Waals surface area contributed by atoms with Crippen molar-refractivity contribution in [3.8, 4) is 5.75 Å². The molecule has 0 saturated carbocycles. The fourth-order valence-electron chi connectivity index (χ4n) is 3.67. The molecule has 0 bridgehead atoms. The van der Waals surface area contributed by atoms with Gasteiger partial charge in [-0.3, -0.25) is 14.5 Å². The minimum Gasteiger partial charge on any atom is -0.489 e. The maximum absolute atomic E-state index is 12.6. The summed E-state index contributed by atoms with van der Waals surface area (Å²) in [6.07, 6.45) is -3.31. The van der Waals surface area contributed by atoms with Crippen molar-refractivity contribution in [3.63, 3.8) is 0 Å². The molecule has 1 amide bonds. The van der Waals surface area contributed by atoms with Crippen molar-refractivity contribution >= 4 is 21.9 Å². The van der Waals surface area contributed by atoms with Crippen LogP contribution in [0.1, 0.15) is 21.5 Å². The molecular formula is C23H26F3N3O6S. The Bertz CT molecular complexity index is 1160. The molecule has 0 aliphatic carbocycles. The first kappa shape index (κ1) is 27.4. The lowest BCUT2D eigenvalue weighted by molar-refractivity contribution is -0.143. The standard InChI is InChI=1S/C23H26F3N3O6S/c1-36(33,34)29-12-10-28(11-13-29)20(22(31)32)14-27-21(30)17-4-8-19(9-5-17)35-15-16-2-6-18(7-3-16)23(24,25)26/h2-9,20H,10-15H2,1H3,(H,27,30)(H,31,32)/t20-/m0/s1. The van der Waals surface area contributed by atoms with Crippen LogP contribution in [0.15, 0.2) is 48.5 Å². The van der Waals surface area contributed by atoms with Crippen molar-refractivity contribution < 1.29 is 41.0 Å². The number of hydrogen-bond acceptors (Lipinski definition) is 6. The van der Waals surface area contributed by atoms with Gasteiger partial charge in [0.25, 0.3) is 5.91 Å². The molecule has 13 heteroatoms. The molecule has 196 valence electrons. The largest absolute Gasteiger partial charge is 0.489 e. The van der Waals surface area contributed by atoms with Crippen LogP contribution in [-0.4, -0.2) is 79.6 Å². The summed E-state index contributed by atoms with van der Waals surface area (Å²) < 4.78 is 68.0. The van der Waals surface area contributed by atoms with Crippen molar-refractivity contribution in [2.75, 3.05) is 39.0 Å². The second kappa shape index (κ2) is 11.3. The highest BCUT2D eigenvalue weighted by molar-refractivity contribution is 7.88. The van der Waals surface area contributed by atoms with Crippen molar-refractivity contribution in [2.24, 2.45) is 0 Å². The third-order valence-electron chi connectivity index (χ3n) is 5.73. The van der Waals surface area contributed by atoms with Gasteiger partial charge in [-0.25, -0.2) is 8.42 Å². The first-order valence-corrected chi connectivity index (χ1v) is 12.8. The Morgan fingerprint density at radius 1 is 1.03 bits per heavy atom. The summed E-state index contributed by atoms with van der Waals surface area (Å²) in [5.74, 6) is -1.22. The molecule has 1 fully saturated rings. The predicted octanol–water partition coefficient (Wildman–Crippen LogP) is 2.04. The molecule has 1 aliphatic rings. The molecule has 9 nitrogen and oxygen atoms in total. The molecular weight excluding hydrogens is 503 g/mol. The number of amides is 1. The number of sulfonamides is 1. The number of halogens is 3. The number of aliphatic carboxylic acids is 1. The molecule has 3 rings (SSSR count). The van der Waals surface area contributed by atoms with Crippen LogP contribution >= 0.6 is 0 Å². The molecule has 1 atom stereocenters. The number of rotatable bonds is 9. The van der Waals surface area contributed by atoms with Crippen LogP contribution in [0.25, 0.3) is 0 Å². The van der Waals surface area contributed by atoms with Gasteiger partial charge < -0.3 is 15.2 Å². The third-order valence-corrected chi connectivity index (χ3v) is 7.03. The number of hydrogen-bond donors (Lipinski definition) is 2. The smallest absolute Gasteiger partial charge is 0.416 e. The summed E-state index contributed by atoms with van der Waals surface area (Å²) in [5.41, 5.74) is 0.0627. The highest BCUT2D eigenvalue weighted by atomic mass is 32.2. The summed E-state index contributed by atoms with van der Waals surface area (Å²) in [6.45, 7) is 0.667. The van der Waals surface area contributed by atoms with Crippen LogP contribution < -0.4 is 10.1 Å². The van der Waals surface area contributed by atoms with Crippen molar-refractivity contribution in [1.82, 2.24) is 14.5 Å². The van der Waals surface area contributed by atoms with Gasteiger partial charge in [-0.15, -0.1) is 0 Å². The van der Waals surface area contributed by atoms with E-state index in [9.17, 15) is 36.3 Å². The van der Waals surface area contributed by atoms with Gasteiger partial charge in [0.15, 0.2) is 0 Å². The number of nitrogens with zero attached hydrogens (tertiary/aromatic N) is 2. The van der Waals surface area contributed by atoms with E-state index >= 15 is 0 Å². The zero-order chi connectivity index (χ0) is 26.5. The summed E-state index contributed by atoms with van der Waals surface area (Å²) >= 11 is 0. The molecule has 2 N–H and O–H groups in total. The Morgan fingerprint density at radius 2 is 1.61 bits per heavy atom. The lowest BCUT2D eigenvalue weighted by Crippen LogP contribution is -2.56. The van der Waals surface area contributed by atoms with E-state index in [1.807, 2.05) is 0 Å². The zero-order valence-corrected chi connectivity index (χ0v) is 20.2. The number of carbonyl (C=O) groups excluding carboxylic acids is 1. The van der Waals surface area contributed by atoms with Crippen LogP contribution in [-0.2, 0) is 27.6 Å². The van der Waals surface area contributed by atoms with E-state index in [0.29, 0.717) is 11.3 Å². The number of carbonyl (C=O) groups is 2. The van der Waals surface area contributed by atoms with Gasteiger partial charge in [0.05, 0.1) is 11.8 Å². The van der Waals surface area contributed by atoms with Gasteiger partial charge in [0.2, 0.25) is 10.0 Å². The first-order valence-electron chi connectivity index (χ1n) is 10.9. The minimum atomic E-state index is -4.41. The summed E-state index contributed by atoms with van der Waals surface area (Å²) in [5, 5.41) is 12.2. The van der Waals surface area contributed by atoms with E-state index in [2.05, 4.69) is 5.32 Å². The normalized spacial score (nSPS) is 16.3. The van der Waals surface area contributed by atoms with Crippen LogP contribution in [0.4, 0.5) is 13.2 Å². The monoisotopic (exact) mass is 529 g/mol. The number of piperazine rings is 1. The maximum atomic E-state index is 12.6. The highest BCUT2D eigenvalue weighted by Crippen LogP contribution is 2.29. The second-order valence-electron chi connectivity index (χ2n) is 8.27. The Kier molecular flexibility index (Phi) is 8.59.